The second kappa shape index (κ2) is 12.6. The molecule has 1 amide bonds. The lowest BCUT2D eigenvalue weighted by atomic mass is 9.97. The number of hydrogen-bond donors (Lipinski definition) is 0. The predicted octanol–water partition coefficient (Wildman–Crippen LogP) is 4.37. The third kappa shape index (κ3) is 6.92. The number of carbonyl (C=O) groups is 2. The van der Waals surface area contributed by atoms with Gasteiger partial charge in [0.25, 0.3) is 0 Å². The molecule has 1 heterocycles. The zero-order chi connectivity index (χ0) is 23.6. The molecule has 3 rings (SSSR count). The fourth-order valence-electron chi connectivity index (χ4n) is 4.58. The lowest BCUT2D eigenvalue weighted by Gasteiger charge is -2.32. The molecule has 1 unspecified atom stereocenters. The highest BCUT2D eigenvalue weighted by Gasteiger charge is 2.31. The van der Waals surface area contributed by atoms with Crippen molar-refractivity contribution in [2.45, 2.75) is 63.9 Å². The number of piperidine rings is 1. The number of esters is 1. The summed E-state index contributed by atoms with van der Waals surface area (Å²) in [5, 5.41) is 0. The molecule has 0 spiro atoms. The van der Waals surface area contributed by atoms with Crippen LogP contribution in [-0.4, -0.2) is 64.1 Å². The zero-order valence-corrected chi connectivity index (χ0v) is 20.1. The van der Waals surface area contributed by atoms with Gasteiger partial charge in [0.1, 0.15) is 6.10 Å². The fourth-order valence-corrected chi connectivity index (χ4v) is 4.58. The number of methoxy groups -OCH3 is 3. The third-order valence-electron chi connectivity index (χ3n) is 6.41. The van der Waals surface area contributed by atoms with Crippen LogP contribution < -0.4 is 14.2 Å². The maximum atomic E-state index is 12.6. The number of amides is 1. The van der Waals surface area contributed by atoms with Gasteiger partial charge in [-0.15, -0.1) is 0 Å². The molecule has 1 aromatic carbocycles. The summed E-state index contributed by atoms with van der Waals surface area (Å²) >= 11 is 0. The Morgan fingerprint density at radius 1 is 0.939 bits per heavy atom. The van der Waals surface area contributed by atoms with E-state index in [4.69, 9.17) is 23.7 Å². The molecule has 1 aliphatic heterocycles. The van der Waals surface area contributed by atoms with Crippen LogP contribution in [0.5, 0.6) is 17.2 Å². The van der Waals surface area contributed by atoms with E-state index in [2.05, 4.69) is 0 Å². The fraction of sp³-hybridized carbons (Fsp3) is 0.680. The van der Waals surface area contributed by atoms with Crippen LogP contribution >= 0.6 is 0 Å². The molecule has 0 bridgehead atoms. The van der Waals surface area contributed by atoms with Gasteiger partial charge in [0.05, 0.1) is 33.9 Å². The van der Waals surface area contributed by atoms with Crippen molar-refractivity contribution in [1.82, 2.24) is 4.90 Å². The van der Waals surface area contributed by atoms with Gasteiger partial charge in [-0.25, -0.2) is 4.79 Å². The molecule has 33 heavy (non-hydrogen) atoms. The number of aryl methyl sites for hydroxylation is 1. The van der Waals surface area contributed by atoms with Crippen LogP contribution in [0.2, 0.25) is 0 Å². The molecule has 8 nitrogen and oxygen atoms in total. The van der Waals surface area contributed by atoms with Gasteiger partial charge < -0.3 is 28.6 Å². The maximum Gasteiger partial charge on any atom is 0.410 e. The van der Waals surface area contributed by atoms with Crippen molar-refractivity contribution in [3.63, 3.8) is 0 Å². The smallest absolute Gasteiger partial charge is 0.410 e. The summed E-state index contributed by atoms with van der Waals surface area (Å²) in [6.07, 6.45) is 7.95. The second-order valence-electron chi connectivity index (χ2n) is 8.73. The van der Waals surface area contributed by atoms with E-state index in [9.17, 15) is 9.59 Å². The highest BCUT2D eigenvalue weighted by Crippen LogP contribution is 2.38. The van der Waals surface area contributed by atoms with Gasteiger partial charge in [0.2, 0.25) is 5.75 Å². The van der Waals surface area contributed by atoms with Crippen LogP contribution in [0.25, 0.3) is 0 Å². The summed E-state index contributed by atoms with van der Waals surface area (Å²) in [7, 11) is 4.74. The van der Waals surface area contributed by atoms with Crippen molar-refractivity contribution in [3.05, 3.63) is 17.7 Å². The number of benzene rings is 1. The Morgan fingerprint density at radius 3 is 2.27 bits per heavy atom. The number of hydrogen-bond acceptors (Lipinski definition) is 7. The summed E-state index contributed by atoms with van der Waals surface area (Å²) < 4.78 is 27.3. The van der Waals surface area contributed by atoms with Gasteiger partial charge in [0.15, 0.2) is 11.5 Å². The number of carbonyl (C=O) groups excluding carboxylic acids is 2. The Balaban J connectivity index is 1.43. The first-order valence-corrected chi connectivity index (χ1v) is 12.0. The Kier molecular flexibility index (Phi) is 9.51. The number of rotatable bonds is 9. The zero-order valence-electron chi connectivity index (χ0n) is 20.1. The Morgan fingerprint density at radius 2 is 1.64 bits per heavy atom. The van der Waals surface area contributed by atoms with Crippen LogP contribution in [0, 0.1) is 5.92 Å². The molecule has 0 aromatic heterocycles. The molecule has 2 aliphatic rings. The summed E-state index contributed by atoms with van der Waals surface area (Å²) in [6.45, 7) is 1.33. The summed E-state index contributed by atoms with van der Waals surface area (Å²) in [6, 6.07) is 3.81. The minimum Gasteiger partial charge on any atom is -0.493 e. The Hall–Kier alpha value is -2.64. The number of nitrogens with zero attached hydrogens (tertiary/aromatic N) is 1. The molecule has 1 saturated heterocycles. The van der Waals surface area contributed by atoms with Gasteiger partial charge in [-0.2, -0.15) is 0 Å². The van der Waals surface area contributed by atoms with Crippen molar-refractivity contribution in [2.75, 3.05) is 41.0 Å². The van der Waals surface area contributed by atoms with Crippen molar-refractivity contribution < 1.29 is 33.3 Å². The van der Waals surface area contributed by atoms with E-state index in [1.165, 1.54) is 6.42 Å². The number of likely N-dealkylation sites (tertiary alicyclic amines) is 1. The van der Waals surface area contributed by atoms with Crippen LogP contribution in [0.3, 0.4) is 0 Å². The topological polar surface area (TPSA) is 83.5 Å². The SMILES string of the molecule is COc1cc(CCCOC(=O)C2CCCN(C(=O)OC3CCCCC3)C2)cc(OC)c1OC. The first kappa shape index (κ1) is 25.0. The molecule has 2 fully saturated rings. The van der Waals surface area contributed by atoms with E-state index in [0.717, 1.165) is 44.1 Å². The molecule has 184 valence electrons. The molecular formula is C25H37NO7. The van der Waals surface area contributed by atoms with Gasteiger partial charge in [-0.3, -0.25) is 4.79 Å². The largest absolute Gasteiger partial charge is 0.493 e. The molecule has 0 radical (unpaired) electrons. The molecule has 1 saturated carbocycles. The van der Waals surface area contributed by atoms with Gasteiger partial charge >= 0.3 is 12.1 Å². The van der Waals surface area contributed by atoms with Gasteiger partial charge in [-0.05, 0) is 69.1 Å². The lowest BCUT2D eigenvalue weighted by molar-refractivity contribution is -0.150. The van der Waals surface area contributed by atoms with Crippen LogP contribution in [0.15, 0.2) is 12.1 Å². The molecule has 1 aliphatic carbocycles. The number of ether oxygens (including phenoxy) is 5. The quantitative estimate of drug-likeness (QED) is 0.397. The first-order chi connectivity index (χ1) is 16.0. The van der Waals surface area contributed by atoms with Crippen molar-refractivity contribution in [3.8, 4) is 17.2 Å². The highest BCUT2D eigenvalue weighted by atomic mass is 16.6. The third-order valence-corrected chi connectivity index (χ3v) is 6.41. The van der Waals surface area contributed by atoms with E-state index in [0.29, 0.717) is 49.8 Å². The van der Waals surface area contributed by atoms with Crippen molar-refractivity contribution >= 4 is 12.1 Å². The maximum absolute atomic E-state index is 12.6. The lowest BCUT2D eigenvalue weighted by Crippen LogP contribution is -2.44. The molecular weight excluding hydrogens is 426 g/mol. The van der Waals surface area contributed by atoms with E-state index in [1.807, 2.05) is 12.1 Å². The van der Waals surface area contributed by atoms with E-state index in [-0.39, 0.29) is 24.1 Å². The molecule has 8 heteroatoms. The van der Waals surface area contributed by atoms with E-state index in [1.54, 1.807) is 26.2 Å². The van der Waals surface area contributed by atoms with E-state index >= 15 is 0 Å². The summed E-state index contributed by atoms with van der Waals surface area (Å²) in [5.41, 5.74) is 1.01. The molecule has 0 N–H and O–H groups in total. The Labute approximate surface area is 196 Å². The Bertz CT molecular complexity index is 766. The van der Waals surface area contributed by atoms with Gasteiger partial charge in [-0.1, -0.05) is 6.42 Å². The second-order valence-corrected chi connectivity index (χ2v) is 8.73. The standard InChI is InChI=1S/C25H37NO7/c1-29-21-15-18(16-22(30-2)23(21)31-3)9-8-14-32-24(27)19-10-7-13-26(17-19)25(28)33-20-11-5-4-6-12-20/h15-16,19-20H,4-14,17H2,1-3H3. The highest BCUT2D eigenvalue weighted by molar-refractivity contribution is 5.75. The summed E-state index contributed by atoms with van der Waals surface area (Å²) in [5.74, 6) is 1.23. The average Bonchev–Trinajstić information content (AvgIpc) is 2.86. The van der Waals surface area contributed by atoms with Crippen molar-refractivity contribution in [2.24, 2.45) is 5.92 Å². The normalized spacial score (nSPS) is 19.0. The average molecular weight is 464 g/mol. The van der Waals surface area contributed by atoms with Crippen LogP contribution in [-0.2, 0) is 20.7 Å². The molecule has 1 aromatic rings. The van der Waals surface area contributed by atoms with Crippen LogP contribution in [0.1, 0.15) is 56.9 Å². The van der Waals surface area contributed by atoms with Crippen LogP contribution in [0.4, 0.5) is 4.79 Å². The molecule has 1 atom stereocenters. The summed E-state index contributed by atoms with van der Waals surface area (Å²) in [4.78, 5) is 26.8. The first-order valence-electron chi connectivity index (χ1n) is 12.0. The minimum atomic E-state index is -0.293. The van der Waals surface area contributed by atoms with E-state index < -0.39 is 0 Å². The monoisotopic (exact) mass is 463 g/mol. The van der Waals surface area contributed by atoms with Crippen molar-refractivity contribution in [1.29, 1.82) is 0 Å². The van der Waals surface area contributed by atoms with Gasteiger partial charge in [0, 0.05) is 13.1 Å². The minimum absolute atomic E-state index is 0.0220. The predicted molar refractivity (Wildman–Crippen MR) is 123 cm³/mol.